The first kappa shape index (κ1) is 13.1. The van der Waals surface area contributed by atoms with Gasteiger partial charge in [0.15, 0.2) is 5.78 Å². The van der Waals surface area contributed by atoms with E-state index in [9.17, 15) is 4.79 Å². The SMILES string of the molecule is C=C(C)C(=O)c1ccc(-c2ccc(OC)cc2)cc1. The van der Waals surface area contributed by atoms with Gasteiger partial charge in [0.05, 0.1) is 7.11 Å². The van der Waals surface area contributed by atoms with Gasteiger partial charge in [0.2, 0.25) is 0 Å². The average molecular weight is 252 g/mol. The van der Waals surface area contributed by atoms with Crippen molar-refractivity contribution in [2.45, 2.75) is 6.92 Å². The summed E-state index contributed by atoms with van der Waals surface area (Å²) in [6.45, 7) is 5.39. The molecule has 0 amide bonds. The average Bonchev–Trinajstić information content (AvgIpc) is 2.46. The van der Waals surface area contributed by atoms with Crippen LogP contribution in [0.3, 0.4) is 0 Å². The molecular weight excluding hydrogens is 236 g/mol. The molecule has 0 radical (unpaired) electrons. The van der Waals surface area contributed by atoms with E-state index >= 15 is 0 Å². The molecule has 19 heavy (non-hydrogen) atoms. The Kier molecular flexibility index (Phi) is 3.81. The first-order valence-corrected chi connectivity index (χ1v) is 6.06. The number of ether oxygens (including phenoxy) is 1. The lowest BCUT2D eigenvalue weighted by molar-refractivity contribution is 0.103. The predicted molar refractivity (Wildman–Crippen MR) is 77.6 cm³/mol. The lowest BCUT2D eigenvalue weighted by Gasteiger charge is -2.05. The van der Waals surface area contributed by atoms with Crippen LogP contribution in [0.4, 0.5) is 0 Å². The van der Waals surface area contributed by atoms with Crippen LogP contribution in [0.25, 0.3) is 11.1 Å². The van der Waals surface area contributed by atoms with Gasteiger partial charge in [-0.15, -0.1) is 0 Å². The number of rotatable bonds is 4. The van der Waals surface area contributed by atoms with Gasteiger partial charge in [-0.3, -0.25) is 4.79 Å². The standard InChI is InChI=1S/C17H16O2/c1-12(2)17(18)15-6-4-13(5-7-15)14-8-10-16(19-3)11-9-14/h4-11H,1H2,2-3H3. The van der Waals surface area contributed by atoms with Crippen molar-refractivity contribution < 1.29 is 9.53 Å². The number of ketones is 1. The van der Waals surface area contributed by atoms with E-state index in [1.807, 2.05) is 48.5 Å². The molecule has 0 aliphatic rings. The van der Waals surface area contributed by atoms with Gasteiger partial charge in [-0.05, 0) is 35.8 Å². The highest BCUT2D eigenvalue weighted by atomic mass is 16.5. The van der Waals surface area contributed by atoms with E-state index in [0.29, 0.717) is 11.1 Å². The third-order valence-corrected chi connectivity index (χ3v) is 2.96. The molecule has 2 rings (SSSR count). The zero-order chi connectivity index (χ0) is 13.8. The van der Waals surface area contributed by atoms with Gasteiger partial charge in [0.25, 0.3) is 0 Å². The van der Waals surface area contributed by atoms with E-state index < -0.39 is 0 Å². The number of hydrogen-bond donors (Lipinski definition) is 0. The van der Waals surface area contributed by atoms with Crippen molar-refractivity contribution >= 4 is 5.78 Å². The molecular formula is C17H16O2. The minimum atomic E-state index is -0.0127. The number of methoxy groups -OCH3 is 1. The van der Waals surface area contributed by atoms with Crippen LogP contribution in [0, 0.1) is 0 Å². The number of carbonyl (C=O) groups excluding carboxylic acids is 1. The van der Waals surface area contributed by atoms with Crippen LogP contribution in [-0.2, 0) is 0 Å². The van der Waals surface area contributed by atoms with E-state index in [2.05, 4.69) is 6.58 Å². The van der Waals surface area contributed by atoms with E-state index in [1.165, 1.54) is 0 Å². The van der Waals surface area contributed by atoms with Gasteiger partial charge in [-0.1, -0.05) is 43.0 Å². The molecule has 0 bridgehead atoms. The lowest BCUT2D eigenvalue weighted by atomic mass is 10.0. The molecule has 0 aromatic heterocycles. The lowest BCUT2D eigenvalue weighted by Crippen LogP contribution is -1.98. The summed E-state index contributed by atoms with van der Waals surface area (Å²) in [4.78, 5) is 11.8. The first-order chi connectivity index (χ1) is 9.11. The van der Waals surface area contributed by atoms with Crippen molar-refractivity contribution in [2.24, 2.45) is 0 Å². The third kappa shape index (κ3) is 2.91. The minimum absolute atomic E-state index is 0.0127. The molecule has 0 N–H and O–H groups in total. The summed E-state index contributed by atoms with van der Waals surface area (Å²) in [6.07, 6.45) is 0. The number of Topliss-reactive ketones (excluding diaryl/α,β-unsaturated/α-hetero) is 1. The van der Waals surface area contributed by atoms with Gasteiger partial charge in [-0.25, -0.2) is 0 Å². The minimum Gasteiger partial charge on any atom is -0.497 e. The van der Waals surface area contributed by atoms with Crippen LogP contribution in [0.1, 0.15) is 17.3 Å². The molecule has 2 nitrogen and oxygen atoms in total. The van der Waals surface area contributed by atoms with Crippen molar-refractivity contribution in [3.05, 3.63) is 66.2 Å². The Balaban J connectivity index is 2.26. The van der Waals surface area contributed by atoms with E-state index in [0.717, 1.165) is 16.9 Å². The second-order valence-corrected chi connectivity index (χ2v) is 4.42. The summed E-state index contributed by atoms with van der Waals surface area (Å²) in [5.74, 6) is 0.819. The second-order valence-electron chi connectivity index (χ2n) is 4.42. The van der Waals surface area contributed by atoms with Gasteiger partial charge < -0.3 is 4.74 Å². The molecule has 2 aromatic carbocycles. The van der Waals surface area contributed by atoms with Gasteiger partial charge in [0, 0.05) is 5.56 Å². The van der Waals surface area contributed by atoms with Crippen molar-refractivity contribution in [1.82, 2.24) is 0 Å². The molecule has 0 heterocycles. The maximum atomic E-state index is 11.8. The fourth-order valence-corrected chi connectivity index (χ4v) is 1.84. The Morgan fingerprint density at radius 1 is 0.947 bits per heavy atom. The summed E-state index contributed by atoms with van der Waals surface area (Å²) in [5.41, 5.74) is 3.39. The van der Waals surface area contributed by atoms with Gasteiger partial charge in [0.1, 0.15) is 5.75 Å². The normalized spacial score (nSPS) is 10.0. The van der Waals surface area contributed by atoms with E-state index in [-0.39, 0.29) is 5.78 Å². The molecule has 0 atom stereocenters. The molecule has 0 aliphatic heterocycles. The van der Waals surface area contributed by atoms with Crippen LogP contribution < -0.4 is 4.74 Å². The monoisotopic (exact) mass is 252 g/mol. The summed E-state index contributed by atoms with van der Waals surface area (Å²) in [6, 6.07) is 15.4. The molecule has 2 heteroatoms. The smallest absolute Gasteiger partial charge is 0.188 e. The van der Waals surface area contributed by atoms with Crippen LogP contribution >= 0.6 is 0 Å². The highest BCUT2D eigenvalue weighted by Gasteiger charge is 2.06. The highest BCUT2D eigenvalue weighted by Crippen LogP contribution is 2.23. The summed E-state index contributed by atoms with van der Waals surface area (Å²) in [5, 5.41) is 0. The van der Waals surface area contributed by atoms with Gasteiger partial charge in [-0.2, -0.15) is 0 Å². The molecule has 0 saturated heterocycles. The Morgan fingerprint density at radius 2 is 1.42 bits per heavy atom. The summed E-state index contributed by atoms with van der Waals surface area (Å²) >= 11 is 0. The largest absolute Gasteiger partial charge is 0.497 e. The van der Waals surface area contributed by atoms with Gasteiger partial charge >= 0.3 is 0 Å². The Hall–Kier alpha value is -2.35. The Bertz CT molecular complexity index is 592. The maximum Gasteiger partial charge on any atom is 0.188 e. The number of hydrogen-bond acceptors (Lipinski definition) is 2. The van der Waals surface area contributed by atoms with Crippen molar-refractivity contribution in [3.63, 3.8) is 0 Å². The second kappa shape index (κ2) is 5.53. The van der Waals surface area contributed by atoms with Crippen LogP contribution in [0.2, 0.25) is 0 Å². The molecule has 0 saturated carbocycles. The van der Waals surface area contributed by atoms with Crippen LogP contribution in [0.5, 0.6) is 5.75 Å². The molecule has 96 valence electrons. The Morgan fingerprint density at radius 3 is 1.84 bits per heavy atom. The topological polar surface area (TPSA) is 26.3 Å². The number of allylic oxidation sites excluding steroid dienone is 1. The fraction of sp³-hybridized carbons (Fsp3) is 0.118. The first-order valence-electron chi connectivity index (χ1n) is 6.06. The number of benzene rings is 2. The van der Waals surface area contributed by atoms with Crippen molar-refractivity contribution in [2.75, 3.05) is 7.11 Å². The maximum absolute atomic E-state index is 11.8. The molecule has 2 aromatic rings. The van der Waals surface area contributed by atoms with Crippen LogP contribution in [-0.4, -0.2) is 12.9 Å². The van der Waals surface area contributed by atoms with Crippen LogP contribution in [0.15, 0.2) is 60.7 Å². The third-order valence-electron chi connectivity index (χ3n) is 2.96. The van der Waals surface area contributed by atoms with E-state index in [1.54, 1.807) is 14.0 Å². The fourth-order valence-electron chi connectivity index (χ4n) is 1.84. The van der Waals surface area contributed by atoms with Crippen molar-refractivity contribution in [3.8, 4) is 16.9 Å². The zero-order valence-corrected chi connectivity index (χ0v) is 11.1. The van der Waals surface area contributed by atoms with Crippen molar-refractivity contribution in [1.29, 1.82) is 0 Å². The number of carbonyl (C=O) groups is 1. The summed E-state index contributed by atoms with van der Waals surface area (Å²) < 4.78 is 5.13. The molecule has 0 unspecified atom stereocenters. The Labute approximate surface area is 113 Å². The van der Waals surface area contributed by atoms with E-state index in [4.69, 9.17) is 4.74 Å². The molecule has 0 spiro atoms. The highest BCUT2D eigenvalue weighted by molar-refractivity contribution is 6.08. The molecule has 0 fully saturated rings. The summed E-state index contributed by atoms with van der Waals surface area (Å²) in [7, 11) is 1.65. The predicted octanol–water partition coefficient (Wildman–Crippen LogP) is 4.12. The quantitative estimate of drug-likeness (QED) is 0.604. The molecule has 0 aliphatic carbocycles. The zero-order valence-electron chi connectivity index (χ0n) is 11.1.